The number of pyridine rings is 1. The van der Waals surface area contributed by atoms with Gasteiger partial charge in [-0.2, -0.15) is 5.26 Å². The van der Waals surface area contributed by atoms with E-state index >= 15 is 0 Å². The number of aromatic nitrogens is 1. The summed E-state index contributed by atoms with van der Waals surface area (Å²) in [5, 5.41) is 16.5. The zero-order valence-electron chi connectivity index (χ0n) is 16.4. The van der Waals surface area contributed by atoms with Crippen LogP contribution < -0.4 is 15.5 Å². The molecule has 0 spiro atoms. The maximum absolute atomic E-state index is 12.7. The number of carbonyl (C=O) groups is 1. The standard InChI is InChI=1S/C21H25N5O3/c1-14-12-26(18-5-4-15(9-22)20-17(18)3-2-6-24-20)13-19(29-14)21(27)25-11-16-10-23-7-8-28-16/h2-6,14,16,19,23H,7-8,10-13H2,1H3,(H,25,27)/t14-,16?,19-/m1/s1. The largest absolute Gasteiger partial charge is 0.374 e. The summed E-state index contributed by atoms with van der Waals surface area (Å²) >= 11 is 0. The topological polar surface area (TPSA) is 99.5 Å². The second kappa shape index (κ2) is 8.74. The Morgan fingerprint density at radius 1 is 1.41 bits per heavy atom. The van der Waals surface area contributed by atoms with E-state index in [2.05, 4.69) is 26.6 Å². The number of amides is 1. The Kier molecular flexibility index (Phi) is 5.90. The average molecular weight is 395 g/mol. The molecule has 0 radical (unpaired) electrons. The van der Waals surface area contributed by atoms with E-state index < -0.39 is 6.10 Å². The first-order valence-electron chi connectivity index (χ1n) is 9.94. The van der Waals surface area contributed by atoms with Gasteiger partial charge in [0.1, 0.15) is 6.07 Å². The Morgan fingerprint density at radius 2 is 2.31 bits per heavy atom. The molecule has 3 heterocycles. The van der Waals surface area contributed by atoms with Crippen molar-refractivity contribution < 1.29 is 14.3 Å². The number of ether oxygens (including phenoxy) is 2. The maximum atomic E-state index is 12.7. The normalized spacial score (nSPS) is 24.8. The van der Waals surface area contributed by atoms with Gasteiger partial charge in [-0.15, -0.1) is 0 Å². The highest BCUT2D eigenvalue weighted by atomic mass is 16.5. The van der Waals surface area contributed by atoms with E-state index in [1.165, 1.54) is 0 Å². The third kappa shape index (κ3) is 4.32. The lowest BCUT2D eigenvalue weighted by atomic mass is 10.1. The van der Waals surface area contributed by atoms with Crippen molar-refractivity contribution in [2.24, 2.45) is 0 Å². The fraction of sp³-hybridized carbons (Fsp3) is 0.476. The second-order valence-electron chi connectivity index (χ2n) is 7.43. The number of nitriles is 1. The van der Waals surface area contributed by atoms with E-state index in [1.807, 2.05) is 25.1 Å². The van der Waals surface area contributed by atoms with E-state index in [4.69, 9.17) is 9.47 Å². The van der Waals surface area contributed by atoms with Crippen LogP contribution in [0.4, 0.5) is 5.69 Å². The summed E-state index contributed by atoms with van der Waals surface area (Å²) < 4.78 is 11.6. The molecule has 2 aliphatic heterocycles. The molecule has 4 rings (SSSR count). The highest BCUT2D eigenvalue weighted by molar-refractivity contribution is 5.95. The number of morpholine rings is 2. The minimum Gasteiger partial charge on any atom is -0.374 e. The van der Waals surface area contributed by atoms with Gasteiger partial charge in [0, 0.05) is 43.4 Å². The molecule has 0 aliphatic carbocycles. The first-order chi connectivity index (χ1) is 14.2. The van der Waals surface area contributed by atoms with Gasteiger partial charge in [0.25, 0.3) is 5.91 Å². The fourth-order valence-corrected chi connectivity index (χ4v) is 3.90. The summed E-state index contributed by atoms with van der Waals surface area (Å²) in [6, 6.07) is 9.73. The van der Waals surface area contributed by atoms with E-state index in [9.17, 15) is 10.1 Å². The van der Waals surface area contributed by atoms with Crippen LogP contribution in [0.25, 0.3) is 10.9 Å². The summed E-state index contributed by atoms with van der Waals surface area (Å²) in [6.45, 7) is 5.76. The predicted octanol–water partition coefficient (Wildman–Crippen LogP) is 0.805. The van der Waals surface area contributed by atoms with Crippen LogP contribution in [0, 0.1) is 11.3 Å². The van der Waals surface area contributed by atoms with Gasteiger partial charge in [0.15, 0.2) is 6.10 Å². The molecule has 29 heavy (non-hydrogen) atoms. The third-order valence-corrected chi connectivity index (χ3v) is 5.27. The molecule has 1 unspecified atom stereocenters. The van der Waals surface area contributed by atoms with Crippen LogP contribution in [0.3, 0.4) is 0 Å². The van der Waals surface area contributed by atoms with Crippen molar-refractivity contribution in [2.45, 2.75) is 25.2 Å². The SMILES string of the molecule is C[C@@H]1CN(c2ccc(C#N)c3ncccc23)C[C@H](C(=O)NCC2CNCCO2)O1. The minimum atomic E-state index is -0.572. The van der Waals surface area contributed by atoms with E-state index in [-0.39, 0.29) is 18.1 Å². The lowest BCUT2D eigenvalue weighted by Gasteiger charge is -2.38. The van der Waals surface area contributed by atoms with Gasteiger partial charge in [-0.05, 0) is 31.2 Å². The molecule has 8 nitrogen and oxygen atoms in total. The predicted molar refractivity (Wildman–Crippen MR) is 109 cm³/mol. The van der Waals surface area contributed by atoms with Gasteiger partial charge in [0.2, 0.25) is 0 Å². The first-order valence-corrected chi connectivity index (χ1v) is 9.94. The summed E-state index contributed by atoms with van der Waals surface area (Å²) in [6.07, 6.45) is 0.998. The van der Waals surface area contributed by atoms with Crippen LogP contribution in [-0.4, -0.2) is 68.5 Å². The second-order valence-corrected chi connectivity index (χ2v) is 7.43. The van der Waals surface area contributed by atoms with Gasteiger partial charge in [-0.3, -0.25) is 9.78 Å². The summed E-state index contributed by atoms with van der Waals surface area (Å²) in [4.78, 5) is 19.3. The average Bonchev–Trinajstić information content (AvgIpc) is 2.77. The molecule has 2 saturated heterocycles. The molecule has 0 bridgehead atoms. The molecule has 8 heteroatoms. The zero-order chi connectivity index (χ0) is 20.2. The van der Waals surface area contributed by atoms with E-state index in [0.29, 0.717) is 37.3 Å². The van der Waals surface area contributed by atoms with Crippen molar-refractivity contribution in [2.75, 3.05) is 44.2 Å². The Balaban J connectivity index is 1.50. The lowest BCUT2D eigenvalue weighted by Crippen LogP contribution is -2.54. The van der Waals surface area contributed by atoms with Crippen molar-refractivity contribution in [1.82, 2.24) is 15.6 Å². The number of benzene rings is 1. The van der Waals surface area contributed by atoms with Gasteiger partial charge in [-0.25, -0.2) is 0 Å². The number of rotatable bonds is 4. The lowest BCUT2D eigenvalue weighted by molar-refractivity contribution is -0.138. The molecule has 2 fully saturated rings. The van der Waals surface area contributed by atoms with Crippen LogP contribution in [0.15, 0.2) is 30.5 Å². The van der Waals surface area contributed by atoms with Crippen LogP contribution in [0.2, 0.25) is 0 Å². The summed E-state index contributed by atoms with van der Waals surface area (Å²) in [5.74, 6) is -0.133. The maximum Gasteiger partial charge on any atom is 0.251 e. The molecule has 3 atom stereocenters. The van der Waals surface area contributed by atoms with Crippen LogP contribution in [0.5, 0.6) is 0 Å². The highest BCUT2D eigenvalue weighted by Crippen LogP contribution is 2.30. The van der Waals surface area contributed by atoms with Gasteiger partial charge in [-0.1, -0.05) is 0 Å². The molecule has 1 aromatic carbocycles. The summed E-state index contributed by atoms with van der Waals surface area (Å²) in [5.41, 5.74) is 2.18. The summed E-state index contributed by atoms with van der Waals surface area (Å²) in [7, 11) is 0. The molecule has 2 N–H and O–H groups in total. The minimum absolute atomic E-state index is 0.0154. The van der Waals surface area contributed by atoms with E-state index in [1.54, 1.807) is 12.3 Å². The van der Waals surface area contributed by atoms with Gasteiger partial charge >= 0.3 is 0 Å². The van der Waals surface area contributed by atoms with Crippen molar-refractivity contribution in [1.29, 1.82) is 5.26 Å². The van der Waals surface area contributed by atoms with Gasteiger partial charge < -0.3 is 25.0 Å². The highest BCUT2D eigenvalue weighted by Gasteiger charge is 2.31. The number of carbonyl (C=O) groups excluding carboxylic acids is 1. The smallest absolute Gasteiger partial charge is 0.251 e. The van der Waals surface area contributed by atoms with Crippen LogP contribution in [-0.2, 0) is 14.3 Å². The molecular weight excluding hydrogens is 370 g/mol. The number of anilines is 1. The zero-order valence-corrected chi connectivity index (χ0v) is 16.4. The fourth-order valence-electron chi connectivity index (χ4n) is 3.90. The third-order valence-electron chi connectivity index (χ3n) is 5.27. The molecule has 2 aliphatic rings. The molecule has 0 saturated carbocycles. The van der Waals surface area contributed by atoms with Crippen molar-refractivity contribution in [3.8, 4) is 6.07 Å². The van der Waals surface area contributed by atoms with Gasteiger partial charge in [0.05, 0.1) is 36.4 Å². The van der Waals surface area contributed by atoms with Crippen LogP contribution >= 0.6 is 0 Å². The molecule has 1 aromatic heterocycles. The first kappa shape index (κ1) is 19.6. The number of fused-ring (bicyclic) bond motifs is 1. The van der Waals surface area contributed by atoms with Crippen LogP contribution in [0.1, 0.15) is 12.5 Å². The Bertz CT molecular complexity index is 922. The monoisotopic (exact) mass is 395 g/mol. The van der Waals surface area contributed by atoms with Crippen molar-refractivity contribution in [3.05, 3.63) is 36.0 Å². The van der Waals surface area contributed by atoms with E-state index in [0.717, 1.165) is 24.2 Å². The number of nitrogens with one attached hydrogen (secondary N) is 2. The number of hydrogen-bond acceptors (Lipinski definition) is 7. The molecule has 1 amide bonds. The van der Waals surface area contributed by atoms with Crippen molar-refractivity contribution in [3.63, 3.8) is 0 Å². The Morgan fingerprint density at radius 3 is 3.10 bits per heavy atom. The molecule has 152 valence electrons. The molecule has 2 aromatic rings. The van der Waals surface area contributed by atoms with Crippen molar-refractivity contribution >= 4 is 22.5 Å². The Labute approximate surface area is 169 Å². The number of nitrogens with zero attached hydrogens (tertiary/aromatic N) is 3. The number of hydrogen-bond donors (Lipinski definition) is 2. The molecular formula is C21H25N5O3. The quantitative estimate of drug-likeness (QED) is 0.790. The Hall–Kier alpha value is -2.73.